The number of nitrogens with one attached hydrogen (secondary N) is 1. The Hall–Kier alpha value is -3.22. The van der Waals surface area contributed by atoms with Crippen molar-refractivity contribution in [2.45, 2.75) is 35.7 Å². The second-order valence-electron chi connectivity index (χ2n) is 7.74. The summed E-state index contributed by atoms with van der Waals surface area (Å²) in [6.45, 7) is 4.12. The molecule has 1 aliphatic heterocycles. The standard InChI is InChI=1S/C23H23FN7S/c1-15-19(13-29-31(15)18-5-8-26-9-6-18)16-10-21(32-23-20(24)4-3-7-27-23)22-17(11-25-2)12-28-30(22)14-16/h3-4,7,10,12-14,18,26H,5-6,8-9H2,1-2H3/q+1. The molecule has 32 heavy (non-hydrogen) atoms. The van der Waals surface area contributed by atoms with Gasteiger partial charge in [-0.1, -0.05) is 16.6 Å². The minimum absolute atomic E-state index is 0.314. The van der Waals surface area contributed by atoms with Gasteiger partial charge in [0.25, 0.3) is 7.05 Å². The van der Waals surface area contributed by atoms with Crippen molar-refractivity contribution in [2.75, 3.05) is 20.1 Å². The Morgan fingerprint density at radius 3 is 2.88 bits per heavy atom. The third-order valence-electron chi connectivity index (χ3n) is 5.75. The topological polar surface area (TPSA) is 64.4 Å². The molecule has 1 saturated heterocycles. The summed E-state index contributed by atoms with van der Waals surface area (Å²) >= 11 is 1.27. The molecule has 5 rings (SSSR count). The van der Waals surface area contributed by atoms with Gasteiger partial charge < -0.3 is 5.32 Å². The Labute approximate surface area is 189 Å². The molecule has 0 saturated carbocycles. The number of halogens is 1. The number of fused-ring (bicyclic) bond motifs is 1. The van der Waals surface area contributed by atoms with E-state index in [9.17, 15) is 4.39 Å². The Bertz CT molecular complexity index is 1340. The average molecular weight is 449 g/mol. The molecular formula is C23H23FN7S+. The summed E-state index contributed by atoms with van der Waals surface area (Å²) in [6, 6.07) is 8.44. The van der Waals surface area contributed by atoms with Gasteiger partial charge in [0.2, 0.25) is 0 Å². The van der Waals surface area contributed by atoms with Gasteiger partial charge in [0.15, 0.2) is 5.82 Å². The van der Waals surface area contributed by atoms with E-state index in [2.05, 4.69) is 37.9 Å². The van der Waals surface area contributed by atoms with E-state index in [1.807, 2.05) is 18.5 Å². The van der Waals surface area contributed by atoms with Crippen molar-refractivity contribution in [3.8, 4) is 17.2 Å². The summed E-state index contributed by atoms with van der Waals surface area (Å²) in [6.07, 6.45) is 9.34. The molecule has 1 aliphatic rings. The number of hydrogen-bond donors (Lipinski definition) is 1. The first-order chi connectivity index (χ1) is 15.7. The van der Waals surface area contributed by atoms with Gasteiger partial charge in [0.1, 0.15) is 16.1 Å². The van der Waals surface area contributed by atoms with Gasteiger partial charge in [0, 0.05) is 34.1 Å². The Kier molecular flexibility index (Phi) is 5.64. The molecule has 0 amide bonds. The lowest BCUT2D eigenvalue weighted by Gasteiger charge is -2.24. The number of aromatic nitrogens is 5. The van der Waals surface area contributed by atoms with Crippen LogP contribution >= 0.6 is 11.8 Å². The van der Waals surface area contributed by atoms with E-state index >= 15 is 0 Å². The lowest BCUT2D eigenvalue weighted by molar-refractivity contribution is 0.338. The van der Waals surface area contributed by atoms with Crippen LogP contribution in [0.15, 0.2) is 52.9 Å². The van der Waals surface area contributed by atoms with Crippen molar-refractivity contribution in [2.24, 2.45) is 0 Å². The zero-order valence-corrected chi connectivity index (χ0v) is 18.7. The maximum atomic E-state index is 14.4. The fraction of sp³-hybridized carbons (Fsp3) is 0.304. The summed E-state index contributed by atoms with van der Waals surface area (Å²) in [5.41, 5.74) is 4.69. The highest BCUT2D eigenvalue weighted by atomic mass is 32.2. The van der Waals surface area contributed by atoms with E-state index in [1.165, 1.54) is 17.8 Å². The van der Waals surface area contributed by atoms with Crippen LogP contribution in [0.5, 0.6) is 0 Å². The fourth-order valence-corrected chi connectivity index (χ4v) is 5.16. The molecule has 4 aromatic heterocycles. The highest BCUT2D eigenvalue weighted by Gasteiger charge is 2.21. The maximum absolute atomic E-state index is 14.4. The molecule has 9 heteroatoms. The van der Waals surface area contributed by atoms with Gasteiger partial charge in [0.05, 0.1) is 18.4 Å². The zero-order valence-electron chi connectivity index (χ0n) is 17.9. The van der Waals surface area contributed by atoms with Crippen LogP contribution in [0.1, 0.15) is 30.1 Å². The minimum Gasteiger partial charge on any atom is -0.317 e. The van der Waals surface area contributed by atoms with Crippen LogP contribution in [0.3, 0.4) is 0 Å². The van der Waals surface area contributed by atoms with E-state index in [-0.39, 0.29) is 5.82 Å². The van der Waals surface area contributed by atoms with Crippen LogP contribution in [0.4, 0.5) is 4.39 Å². The van der Waals surface area contributed by atoms with Gasteiger partial charge >= 0.3 is 6.07 Å². The van der Waals surface area contributed by atoms with Crippen molar-refractivity contribution in [1.82, 2.24) is 29.7 Å². The largest absolute Gasteiger partial charge is 0.317 e. The van der Waals surface area contributed by atoms with Crippen LogP contribution in [0.25, 0.3) is 21.5 Å². The van der Waals surface area contributed by atoms with Crippen molar-refractivity contribution < 1.29 is 4.39 Å². The molecule has 0 spiro atoms. The molecule has 1 N–H and O–H groups in total. The molecule has 0 atom stereocenters. The summed E-state index contributed by atoms with van der Waals surface area (Å²) < 4.78 is 18.3. The summed E-state index contributed by atoms with van der Waals surface area (Å²) in [7, 11) is 1.67. The van der Waals surface area contributed by atoms with Crippen LogP contribution in [-0.4, -0.2) is 44.5 Å². The highest BCUT2D eigenvalue weighted by molar-refractivity contribution is 7.99. The van der Waals surface area contributed by atoms with Gasteiger partial charge in [-0.15, -0.1) is 0 Å². The molecule has 5 heterocycles. The van der Waals surface area contributed by atoms with E-state index in [1.54, 1.807) is 30.0 Å². The smallest absolute Gasteiger partial charge is 0.314 e. The lowest BCUT2D eigenvalue weighted by Crippen LogP contribution is -2.30. The third-order valence-corrected chi connectivity index (χ3v) is 6.78. The lowest BCUT2D eigenvalue weighted by atomic mass is 10.1. The fourth-order valence-electron chi connectivity index (χ4n) is 4.19. The monoisotopic (exact) mass is 448 g/mol. The number of nitrogens with zero attached hydrogens (tertiary/aromatic N) is 6. The second kappa shape index (κ2) is 8.73. The first-order valence-electron chi connectivity index (χ1n) is 10.6. The molecule has 1 fully saturated rings. The van der Waals surface area contributed by atoms with Crippen LogP contribution in [-0.2, 0) is 0 Å². The number of rotatable bonds is 4. The second-order valence-corrected chi connectivity index (χ2v) is 8.77. The maximum Gasteiger partial charge on any atom is 0.314 e. The Balaban J connectivity index is 1.63. The molecular weight excluding hydrogens is 425 g/mol. The molecule has 7 nitrogen and oxygen atoms in total. The Morgan fingerprint density at radius 1 is 1.25 bits per heavy atom. The number of piperidine rings is 1. The normalized spacial score (nSPS) is 14.5. The van der Waals surface area contributed by atoms with Gasteiger partial charge in [-0.3, -0.25) is 4.68 Å². The predicted molar refractivity (Wildman–Crippen MR) is 123 cm³/mol. The summed E-state index contributed by atoms with van der Waals surface area (Å²) in [5.74, 6) is -0.356. The van der Waals surface area contributed by atoms with E-state index < -0.39 is 0 Å². The zero-order chi connectivity index (χ0) is 22.1. The first-order valence-corrected chi connectivity index (χ1v) is 11.4. The molecule has 0 unspecified atom stereocenters. The minimum atomic E-state index is -0.356. The molecule has 0 aliphatic carbocycles. The molecule has 0 radical (unpaired) electrons. The van der Waals surface area contributed by atoms with Gasteiger partial charge in [-0.2, -0.15) is 10.2 Å². The van der Waals surface area contributed by atoms with E-state index in [0.717, 1.165) is 58.7 Å². The van der Waals surface area contributed by atoms with Crippen LogP contribution < -0.4 is 5.32 Å². The van der Waals surface area contributed by atoms with Crippen molar-refractivity contribution in [1.29, 1.82) is 0 Å². The first kappa shape index (κ1) is 20.7. The molecule has 162 valence electrons. The summed E-state index contributed by atoms with van der Waals surface area (Å²) in [5, 5.41) is 12.9. The highest BCUT2D eigenvalue weighted by Crippen LogP contribution is 2.37. The SMILES string of the molecule is C[N+]#Cc1cnn2cc(-c3cnn(C4CCNCC4)c3C)cc(Sc3ncccc3F)c12. The third kappa shape index (κ3) is 3.76. The quantitative estimate of drug-likeness (QED) is 0.501. The van der Waals surface area contributed by atoms with E-state index in [0.29, 0.717) is 11.1 Å². The summed E-state index contributed by atoms with van der Waals surface area (Å²) in [4.78, 5) is 9.07. The van der Waals surface area contributed by atoms with Crippen molar-refractivity contribution in [3.63, 3.8) is 0 Å². The van der Waals surface area contributed by atoms with Crippen LogP contribution in [0.2, 0.25) is 0 Å². The predicted octanol–water partition coefficient (Wildman–Crippen LogP) is 4.43. The molecule has 4 aromatic rings. The van der Waals surface area contributed by atoms with Crippen molar-refractivity contribution in [3.05, 3.63) is 64.9 Å². The van der Waals surface area contributed by atoms with Gasteiger partial charge in [-0.05, 0) is 51.1 Å². The van der Waals surface area contributed by atoms with Crippen LogP contribution in [0, 0.1) is 18.8 Å². The van der Waals surface area contributed by atoms with Gasteiger partial charge in [-0.25, -0.2) is 13.9 Å². The van der Waals surface area contributed by atoms with Crippen molar-refractivity contribution >= 4 is 17.3 Å². The number of pyridine rings is 2. The molecule has 0 bridgehead atoms. The Morgan fingerprint density at radius 2 is 2.09 bits per heavy atom. The molecule has 0 aromatic carbocycles. The average Bonchev–Trinajstić information content (AvgIpc) is 3.40. The number of hydrogen-bond acceptors (Lipinski definition) is 5. The van der Waals surface area contributed by atoms with E-state index in [4.69, 9.17) is 5.10 Å².